The Morgan fingerprint density at radius 3 is 2.58 bits per heavy atom. The molecule has 0 unspecified atom stereocenters. The summed E-state index contributed by atoms with van der Waals surface area (Å²) in [7, 11) is 0. The van der Waals surface area contributed by atoms with E-state index in [4.69, 9.17) is 14.2 Å². The quantitative estimate of drug-likeness (QED) is 0.299. The van der Waals surface area contributed by atoms with Crippen molar-refractivity contribution in [3.05, 3.63) is 47.5 Å². The van der Waals surface area contributed by atoms with E-state index in [2.05, 4.69) is 33.8 Å². The molecule has 11 atom stereocenters. The van der Waals surface area contributed by atoms with Crippen LogP contribution in [0.4, 0.5) is 0 Å². The lowest BCUT2D eigenvalue weighted by atomic mass is 9.47. The number of carbonyl (C=O) groups excluding carboxylic acids is 1. The minimum atomic E-state index is -0.326. The monoisotopic (exact) mass is 518 g/mol. The van der Waals surface area contributed by atoms with E-state index < -0.39 is 0 Å². The predicted octanol–water partition coefficient (Wildman–Crippen LogP) is 7.58. The molecule has 0 N–H and O–H groups in total. The summed E-state index contributed by atoms with van der Waals surface area (Å²) >= 11 is 0. The Hall–Kier alpha value is -1.65. The van der Waals surface area contributed by atoms with Crippen LogP contribution in [-0.2, 0) is 14.2 Å². The molecule has 4 nitrogen and oxygen atoms in total. The van der Waals surface area contributed by atoms with Gasteiger partial charge in [0.05, 0.1) is 18.3 Å². The molecule has 0 bridgehead atoms. The van der Waals surface area contributed by atoms with Crippen molar-refractivity contribution in [2.45, 2.75) is 103 Å². The van der Waals surface area contributed by atoms with E-state index in [-0.39, 0.29) is 23.3 Å². The number of fused-ring (bicyclic) bond motifs is 7. The second kappa shape index (κ2) is 8.93. The zero-order valence-electron chi connectivity index (χ0n) is 23.8. The first-order valence-corrected chi connectivity index (χ1v) is 15.5. The fourth-order valence-corrected chi connectivity index (χ4v) is 10.5. The van der Waals surface area contributed by atoms with Gasteiger partial charge in [0.1, 0.15) is 6.10 Å². The molecule has 2 heterocycles. The standard InChI is InChI=1S/C34H46O4/c1-21-12-17-34(36-20-21)22(2)30-29(38-34)19-28-26-11-10-24-18-25(37-31(35)23-8-6-5-7-9-23)13-15-32(24,3)27(26)14-16-33(28,30)4/h5-10,21-22,25-30H,11-20H2,1-4H3/t21-,22-,25-,26+,27-,28-,29+,30-,32-,33-,34+/m0/s1. The van der Waals surface area contributed by atoms with Crippen LogP contribution < -0.4 is 0 Å². The molecular formula is C34H46O4. The summed E-state index contributed by atoms with van der Waals surface area (Å²) in [5.74, 6) is 3.46. The van der Waals surface area contributed by atoms with Gasteiger partial charge in [-0.3, -0.25) is 0 Å². The van der Waals surface area contributed by atoms with Crippen molar-refractivity contribution >= 4 is 5.97 Å². The van der Waals surface area contributed by atoms with E-state index in [0.29, 0.717) is 34.8 Å². The molecule has 38 heavy (non-hydrogen) atoms. The number of ether oxygens (including phenoxy) is 3. The van der Waals surface area contributed by atoms with Crippen molar-refractivity contribution in [1.82, 2.24) is 0 Å². The number of hydrogen-bond acceptors (Lipinski definition) is 4. The van der Waals surface area contributed by atoms with E-state index in [9.17, 15) is 4.79 Å². The highest BCUT2D eigenvalue weighted by Crippen LogP contribution is 2.70. The third-order valence-corrected chi connectivity index (χ3v) is 12.6. The van der Waals surface area contributed by atoms with Crippen molar-refractivity contribution in [3.8, 4) is 0 Å². The van der Waals surface area contributed by atoms with Gasteiger partial charge in [0, 0.05) is 18.8 Å². The summed E-state index contributed by atoms with van der Waals surface area (Å²) in [4.78, 5) is 12.7. The molecule has 3 saturated carbocycles. The van der Waals surface area contributed by atoms with Gasteiger partial charge in [-0.05, 0) is 97.5 Å². The summed E-state index contributed by atoms with van der Waals surface area (Å²) in [6.45, 7) is 10.7. The molecule has 0 aromatic heterocycles. The highest BCUT2D eigenvalue weighted by Gasteiger charge is 2.68. The van der Waals surface area contributed by atoms with E-state index in [0.717, 1.165) is 50.0 Å². The highest BCUT2D eigenvalue weighted by atomic mass is 16.7. The van der Waals surface area contributed by atoms with Crippen molar-refractivity contribution in [3.63, 3.8) is 0 Å². The van der Waals surface area contributed by atoms with Crippen LogP contribution in [0.5, 0.6) is 0 Å². The van der Waals surface area contributed by atoms with Crippen LogP contribution in [-0.4, -0.2) is 30.6 Å². The smallest absolute Gasteiger partial charge is 0.338 e. The molecule has 206 valence electrons. The van der Waals surface area contributed by atoms with E-state index >= 15 is 0 Å². The van der Waals surface area contributed by atoms with Gasteiger partial charge < -0.3 is 14.2 Å². The van der Waals surface area contributed by atoms with E-state index in [1.54, 1.807) is 5.57 Å². The van der Waals surface area contributed by atoms with Crippen molar-refractivity contribution in [1.29, 1.82) is 0 Å². The average Bonchev–Trinajstić information content (AvgIpc) is 3.36. The number of rotatable bonds is 2. The minimum Gasteiger partial charge on any atom is -0.458 e. The maximum atomic E-state index is 12.7. The van der Waals surface area contributed by atoms with Gasteiger partial charge >= 0.3 is 5.97 Å². The third kappa shape index (κ3) is 3.65. The zero-order chi connectivity index (χ0) is 26.3. The van der Waals surface area contributed by atoms with Crippen LogP contribution in [0.1, 0.15) is 95.8 Å². The summed E-state index contributed by atoms with van der Waals surface area (Å²) in [6, 6.07) is 9.45. The molecule has 2 aliphatic heterocycles. The first-order valence-electron chi connectivity index (χ1n) is 15.5. The second-order valence-electron chi connectivity index (χ2n) is 14.4. The molecule has 0 amide bonds. The Morgan fingerprint density at radius 1 is 1.00 bits per heavy atom. The maximum Gasteiger partial charge on any atom is 0.338 e. The number of benzene rings is 1. The Morgan fingerprint density at radius 2 is 1.82 bits per heavy atom. The lowest BCUT2D eigenvalue weighted by Crippen LogP contribution is -2.52. The molecule has 1 aromatic carbocycles. The summed E-state index contributed by atoms with van der Waals surface area (Å²) in [6.07, 6.45) is 13.3. The molecule has 4 heteroatoms. The number of esters is 1. The number of hydrogen-bond donors (Lipinski definition) is 0. The van der Waals surface area contributed by atoms with Gasteiger partial charge in [-0.2, -0.15) is 0 Å². The van der Waals surface area contributed by atoms with Crippen LogP contribution in [0.3, 0.4) is 0 Å². The Kier molecular flexibility index (Phi) is 5.95. The molecule has 4 aliphatic carbocycles. The zero-order valence-corrected chi connectivity index (χ0v) is 23.8. The number of allylic oxidation sites excluding steroid dienone is 1. The van der Waals surface area contributed by atoms with Gasteiger partial charge in [-0.15, -0.1) is 0 Å². The van der Waals surface area contributed by atoms with Crippen molar-refractivity contribution in [2.24, 2.45) is 46.3 Å². The van der Waals surface area contributed by atoms with Crippen LogP contribution in [0.2, 0.25) is 0 Å². The Labute approximate surface area is 228 Å². The first-order chi connectivity index (χ1) is 18.2. The molecule has 0 radical (unpaired) electrons. The van der Waals surface area contributed by atoms with Crippen molar-refractivity contribution in [2.75, 3.05) is 6.61 Å². The minimum absolute atomic E-state index is 0.00178. The van der Waals surface area contributed by atoms with Gasteiger partial charge in [0.2, 0.25) is 0 Å². The van der Waals surface area contributed by atoms with Gasteiger partial charge in [0.25, 0.3) is 0 Å². The van der Waals surface area contributed by atoms with Crippen LogP contribution in [0, 0.1) is 46.3 Å². The normalized spacial score (nSPS) is 49.4. The molecule has 6 aliphatic rings. The van der Waals surface area contributed by atoms with Crippen molar-refractivity contribution < 1.29 is 19.0 Å². The maximum absolute atomic E-state index is 12.7. The molecule has 1 aromatic rings. The fourth-order valence-electron chi connectivity index (χ4n) is 10.5. The number of carbonyl (C=O) groups is 1. The fraction of sp³-hybridized carbons (Fsp3) is 0.735. The highest BCUT2D eigenvalue weighted by molar-refractivity contribution is 5.89. The lowest BCUT2D eigenvalue weighted by Gasteiger charge is -2.58. The predicted molar refractivity (Wildman–Crippen MR) is 147 cm³/mol. The van der Waals surface area contributed by atoms with Crippen LogP contribution in [0.15, 0.2) is 42.0 Å². The molecule has 1 spiro atoms. The Bertz CT molecular complexity index is 1100. The topological polar surface area (TPSA) is 44.8 Å². The van der Waals surface area contributed by atoms with Gasteiger partial charge in [-0.25, -0.2) is 4.79 Å². The van der Waals surface area contributed by atoms with Crippen LogP contribution in [0.25, 0.3) is 0 Å². The van der Waals surface area contributed by atoms with E-state index in [1.807, 2.05) is 30.3 Å². The molecule has 5 fully saturated rings. The SMILES string of the molecule is C[C@H]1CC[C@@]2(OC1)O[C@@H]1C[C@H]3[C@@H]4CC=C5C[C@@H](OC(=O)c6ccccc6)CC[C@]5(C)[C@H]4CC[C@]3(C)[C@H]1[C@@H]2C. The molecule has 2 saturated heterocycles. The molecule has 7 rings (SSSR count). The van der Waals surface area contributed by atoms with Crippen LogP contribution >= 0.6 is 0 Å². The van der Waals surface area contributed by atoms with Gasteiger partial charge in [0.15, 0.2) is 5.79 Å². The summed E-state index contributed by atoms with van der Waals surface area (Å²) < 4.78 is 19.5. The first kappa shape index (κ1) is 25.3. The second-order valence-corrected chi connectivity index (χ2v) is 14.4. The lowest BCUT2D eigenvalue weighted by molar-refractivity contribution is -0.272. The van der Waals surface area contributed by atoms with Gasteiger partial charge in [-0.1, -0.05) is 57.5 Å². The molecular weight excluding hydrogens is 472 g/mol. The van der Waals surface area contributed by atoms with E-state index in [1.165, 1.54) is 32.1 Å². The Balaban J connectivity index is 1.08. The third-order valence-electron chi connectivity index (χ3n) is 12.6. The summed E-state index contributed by atoms with van der Waals surface area (Å²) in [5.41, 5.74) is 2.81. The average molecular weight is 519 g/mol. The largest absolute Gasteiger partial charge is 0.458 e. The summed E-state index contributed by atoms with van der Waals surface area (Å²) in [5, 5.41) is 0.